The van der Waals surface area contributed by atoms with Gasteiger partial charge in [0.2, 0.25) is 5.89 Å². The number of nitrogens with zero attached hydrogens (tertiary/aromatic N) is 3. The van der Waals surface area contributed by atoms with Crippen LogP contribution in [-0.2, 0) is 6.42 Å². The Bertz CT molecular complexity index is 748. The molecule has 2 rings (SSSR count). The number of benzene rings is 1. The first-order valence-corrected chi connectivity index (χ1v) is 9.79. The second-order valence-electron chi connectivity index (χ2n) is 6.68. The van der Waals surface area contributed by atoms with E-state index in [0.29, 0.717) is 37.2 Å². The van der Waals surface area contributed by atoms with Crippen LogP contribution in [-0.4, -0.2) is 41.8 Å². The summed E-state index contributed by atoms with van der Waals surface area (Å²) in [7, 11) is 0. The lowest BCUT2D eigenvalue weighted by molar-refractivity contribution is 0.196. The highest BCUT2D eigenvalue weighted by Gasteiger charge is 2.12. The molecule has 0 bridgehead atoms. The van der Waals surface area contributed by atoms with Gasteiger partial charge in [0.25, 0.3) is 0 Å². The first-order valence-electron chi connectivity index (χ1n) is 9.79. The first-order chi connectivity index (χ1) is 13.5. The van der Waals surface area contributed by atoms with Crippen LogP contribution in [0.4, 0.5) is 4.39 Å². The zero-order chi connectivity index (χ0) is 20.4. The van der Waals surface area contributed by atoms with Gasteiger partial charge in [0, 0.05) is 25.4 Å². The second kappa shape index (κ2) is 11.3. The average molecular weight is 391 g/mol. The van der Waals surface area contributed by atoms with E-state index in [0.717, 1.165) is 13.0 Å². The summed E-state index contributed by atoms with van der Waals surface area (Å²) in [6.45, 7) is 9.79. The fourth-order valence-corrected chi connectivity index (χ4v) is 2.40. The summed E-state index contributed by atoms with van der Waals surface area (Å²) >= 11 is 0. The molecule has 0 amide bonds. The number of rotatable bonds is 10. The van der Waals surface area contributed by atoms with E-state index in [1.54, 1.807) is 18.2 Å². The van der Waals surface area contributed by atoms with Crippen LogP contribution in [0.1, 0.15) is 51.7 Å². The Morgan fingerprint density at radius 1 is 1.25 bits per heavy atom. The Hall–Kier alpha value is -2.64. The van der Waals surface area contributed by atoms with Crippen LogP contribution in [0, 0.1) is 5.82 Å². The molecule has 28 heavy (non-hydrogen) atoms. The number of guanidine groups is 1. The van der Waals surface area contributed by atoms with Gasteiger partial charge in [-0.3, -0.25) is 0 Å². The number of hydrogen-bond acceptors (Lipinski definition) is 5. The molecule has 0 fully saturated rings. The summed E-state index contributed by atoms with van der Waals surface area (Å²) < 4.78 is 24.8. The minimum atomic E-state index is -0.365. The van der Waals surface area contributed by atoms with Gasteiger partial charge >= 0.3 is 0 Å². The van der Waals surface area contributed by atoms with Crippen molar-refractivity contribution in [2.75, 3.05) is 19.6 Å². The van der Waals surface area contributed by atoms with E-state index in [2.05, 4.69) is 25.8 Å². The van der Waals surface area contributed by atoms with Crippen molar-refractivity contribution < 1.29 is 13.7 Å². The largest absolute Gasteiger partial charge is 0.485 e. The predicted molar refractivity (Wildman–Crippen MR) is 107 cm³/mol. The van der Waals surface area contributed by atoms with Gasteiger partial charge in [0.15, 0.2) is 23.4 Å². The van der Waals surface area contributed by atoms with Gasteiger partial charge in [-0.1, -0.05) is 38.1 Å². The molecule has 0 radical (unpaired) electrons. The summed E-state index contributed by atoms with van der Waals surface area (Å²) in [5.41, 5.74) is 0. The van der Waals surface area contributed by atoms with E-state index >= 15 is 0 Å². The SMILES string of the molecule is CCNC(=NCC(CC)Oc1ccccc1F)NCCc1nc(C(C)C)no1. The second-order valence-corrected chi connectivity index (χ2v) is 6.68. The number of nitrogens with one attached hydrogen (secondary N) is 2. The van der Waals surface area contributed by atoms with Gasteiger partial charge in [-0.15, -0.1) is 0 Å². The molecule has 1 atom stereocenters. The minimum Gasteiger partial charge on any atom is -0.485 e. The van der Waals surface area contributed by atoms with Crippen molar-refractivity contribution in [2.24, 2.45) is 4.99 Å². The number of para-hydroxylation sites is 1. The molecule has 0 aliphatic rings. The zero-order valence-corrected chi connectivity index (χ0v) is 17.0. The van der Waals surface area contributed by atoms with Gasteiger partial charge in [-0.2, -0.15) is 4.98 Å². The van der Waals surface area contributed by atoms with Crippen LogP contribution in [0.2, 0.25) is 0 Å². The third-order valence-corrected chi connectivity index (χ3v) is 4.01. The fraction of sp³-hybridized carbons (Fsp3) is 0.550. The fourth-order valence-electron chi connectivity index (χ4n) is 2.40. The van der Waals surface area contributed by atoms with E-state index in [1.165, 1.54) is 6.07 Å². The lowest BCUT2D eigenvalue weighted by atomic mass is 10.2. The Labute approximate surface area is 165 Å². The van der Waals surface area contributed by atoms with Crippen LogP contribution in [0.25, 0.3) is 0 Å². The van der Waals surface area contributed by atoms with Gasteiger partial charge in [-0.05, 0) is 25.5 Å². The number of aromatic nitrogens is 2. The van der Waals surface area contributed by atoms with E-state index in [-0.39, 0.29) is 23.6 Å². The Kier molecular flexibility index (Phi) is 8.71. The topological polar surface area (TPSA) is 84.6 Å². The van der Waals surface area contributed by atoms with Gasteiger partial charge < -0.3 is 19.9 Å². The first kappa shape index (κ1) is 21.7. The van der Waals surface area contributed by atoms with Crippen molar-refractivity contribution in [3.63, 3.8) is 0 Å². The number of halogens is 1. The molecular weight excluding hydrogens is 361 g/mol. The Morgan fingerprint density at radius 3 is 2.68 bits per heavy atom. The number of ether oxygens (including phenoxy) is 1. The Balaban J connectivity index is 1.88. The molecule has 154 valence electrons. The Morgan fingerprint density at radius 2 is 2.04 bits per heavy atom. The van der Waals surface area contributed by atoms with Crippen molar-refractivity contribution in [3.05, 3.63) is 41.8 Å². The van der Waals surface area contributed by atoms with Crippen LogP contribution < -0.4 is 15.4 Å². The van der Waals surface area contributed by atoms with Crippen LogP contribution in [0.15, 0.2) is 33.8 Å². The van der Waals surface area contributed by atoms with Gasteiger partial charge in [-0.25, -0.2) is 9.38 Å². The number of aliphatic imine (C=N–C) groups is 1. The predicted octanol–water partition coefficient (Wildman–Crippen LogP) is 3.29. The van der Waals surface area contributed by atoms with E-state index in [9.17, 15) is 4.39 Å². The molecule has 0 saturated heterocycles. The molecule has 1 unspecified atom stereocenters. The van der Waals surface area contributed by atoms with E-state index < -0.39 is 0 Å². The smallest absolute Gasteiger partial charge is 0.228 e. The van der Waals surface area contributed by atoms with Crippen LogP contribution >= 0.6 is 0 Å². The third-order valence-electron chi connectivity index (χ3n) is 4.01. The van der Waals surface area contributed by atoms with E-state index in [4.69, 9.17) is 9.26 Å². The monoisotopic (exact) mass is 391 g/mol. The lowest BCUT2D eigenvalue weighted by Crippen LogP contribution is -2.39. The molecule has 2 aromatic rings. The highest BCUT2D eigenvalue weighted by Crippen LogP contribution is 2.18. The quantitative estimate of drug-likeness (QED) is 0.478. The van der Waals surface area contributed by atoms with Crippen molar-refractivity contribution in [3.8, 4) is 5.75 Å². The van der Waals surface area contributed by atoms with Gasteiger partial charge in [0.1, 0.15) is 6.10 Å². The number of hydrogen-bond donors (Lipinski definition) is 2. The van der Waals surface area contributed by atoms with E-state index in [1.807, 2.05) is 27.7 Å². The molecular formula is C20H30FN5O2. The highest BCUT2D eigenvalue weighted by atomic mass is 19.1. The average Bonchev–Trinajstić information content (AvgIpc) is 3.15. The summed E-state index contributed by atoms with van der Waals surface area (Å²) in [4.78, 5) is 8.92. The molecule has 1 aromatic carbocycles. The third kappa shape index (κ3) is 6.83. The molecule has 7 nitrogen and oxygen atoms in total. The molecule has 1 aromatic heterocycles. The molecule has 0 spiro atoms. The normalized spacial score (nSPS) is 12.9. The zero-order valence-electron chi connectivity index (χ0n) is 17.0. The summed E-state index contributed by atoms with van der Waals surface area (Å²) in [6, 6.07) is 6.41. The molecule has 1 heterocycles. The molecule has 8 heteroatoms. The van der Waals surface area contributed by atoms with Crippen molar-refractivity contribution in [2.45, 2.75) is 52.6 Å². The molecule has 0 saturated carbocycles. The van der Waals surface area contributed by atoms with Crippen molar-refractivity contribution in [1.82, 2.24) is 20.8 Å². The van der Waals surface area contributed by atoms with Crippen molar-refractivity contribution >= 4 is 5.96 Å². The molecule has 2 N–H and O–H groups in total. The van der Waals surface area contributed by atoms with Crippen molar-refractivity contribution in [1.29, 1.82) is 0 Å². The maximum Gasteiger partial charge on any atom is 0.228 e. The highest BCUT2D eigenvalue weighted by molar-refractivity contribution is 5.79. The van der Waals surface area contributed by atoms with Gasteiger partial charge in [0.05, 0.1) is 6.54 Å². The maximum absolute atomic E-state index is 13.8. The van der Waals surface area contributed by atoms with Crippen LogP contribution in [0.3, 0.4) is 0 Å². The molecule has 0 aliphatic heterocycles. The minimum absolute atomic E-state index is 0.211. The maximum atomic E-state index is 13.8. The molecule has 0 aliphatic carbocycles. The lowest BCUT2D eigenvalue weighted by Gasteiger charge is -2.17. The summed E-state index contributed by atoms with van der Waals surface area (Å²) in [5, 5.41) is 10.4. The standard InChI is InChI=1S/C20H30FN5O2/c1-5-15(27-17-10-8-7-9-16(17)21)13-24-20(22-6-2)23-12-11-18-25-19(14(3)4)26-28-18/h7-10,14-15H,5-6,11-13H2,1-4H3,(H2,22,23,24). The summed E-state index contributed by atoms with van der Waals surface area (Å²) in [6.07, 6.45) is 1.11. The van der Waals surface area contributed by atoms with Crippen LogP contribution in [0.5, 0.6) is 5.75 Å². The summed E-state index contributed by atoms with van der Waals surface area (Å²) in [5.74, 6) is 2.11.